The zero-order chi connectivity index (χ0) is 17.5. The number of esters is 2. The Labute approximate surface area is 138 Å². The first kappa shape index (κ1) is 16.0. The maximum atomic E-state index is 12.5. The van der Waals surface area contributed by atoms with E-state index in [2.05, 4.69) is 0 Å². The summed E-state index contributed by atoms with van der Waals surface area (Å²) in [5.41, 5.74) is -0.780. The number of nitrogens with zero attached hydrogens (tertiary/aromatic N) is 1. The van der Waals surface area contributed by atoms with Gasteiger partial charge in [0.05, 0.1) is 32.5 Å². The molecule has 1 aromatic heterocycles. The number of fused-ring (bicyclic) bond motifs is 3. The molecule has 0 saturated carbocycles. The number of benzene rings is 1. The van der Waals surface area contributed by atoms with Gasteiger partial charge in [-0.05, 0) is 30.7 Å². The van der Waals surface area contributed by atoms with E-state index in [0.29, 0.717) is 16.7 Å². The minimum Gasteiger partial charge on any atom is -0.497 e. The Morgan fingerprint density at radius 3 is 2.33 bits per heavy atom. The third-order valence-corrected chi connectivity index (χ3v) is 4.48. The van der Waals surface area contributed by atoms with Crippen molar-refractivity contribution in [1.29, 1.82) is 0 Å². The van der Waals surface area contributed by atoms with E-state index >= 15 is 0 Å². The second kappa shape index (κ2) is 5.67. The maximum Gasteiger partial charge on any atom is 0.329 e. The van der Waals surface area contributed by atoms with E-state index in [-0.39, 0.29) is 24.4 Å². The van der Waals surface area contributed by atoms with Crippen LogP contribution in [0.15, 0.2) is 24.3 Å². The Morgan fingerprint density at radius 2 is 1.75 bits per heavy atom. The van der Waals surface area contributed by atoms with Gasteiger partial charge in [-0.25, -0.2) is 0 Å². The molecule has 0 fully saturated rings. The number of rotatable bonds is 3. The highest BCUT2D eigenvalue weighted by Crippen LogP contribution is 2.40. The molecule has 2 heterocycles. The van der Waals surface area contributed by atoms with Crippen molar-refractivity contribution in [3.63, 3.8) is 0 Å². The minimum absolute atomic E-state index is 0.0125. The van der Waals surface area contributed by atoms with Crippen molar-refractivity contribution in [2.75, 3.05) is 21.3 Å². The summed E-state index contributed by atoms with van der Waals surface area (Å²) < 4.78 is 16.3. The van der Waals surface area contributed by atoms with E-state index in [0.717, 1.165) is 0 Å². The predicted molar refractivity (Wildman–Crippen MR) is 84.1 cm³/mol. The molecule has 126 valence electrons. The van der Waals surface area contributed by atoms with Gasteiger partial charge in [0.15, 0.2) is 0 Å². The molecule has 0 saturated heterocycles. The van der Waals surface area contributed by atoms with Gasteiger partial charge in [-0.1, -0.05) is 0 Å². The number of hydrogen-bond donors (Lipinski definition) is 0. The third-order valence-electron chi connectivity index (χ3n) is 4.48. The Kier molecular flexibility index (Phi) is 3.79. The summed E-state index contributed by atoms with van der Waals surface area (Å²) in [7, 11) is 3.95. The van der Waals surface area contributed by atoms with E-state index in [1.807, 2.05) is 0 Å². The van der Waals surface area contributed by atoms with E-state index in [9.17, 15) is 14.4 Å². The Hall–Kier alpha value is -2.83. The number of methoxy groups -OCH3 is 3. The number of hydrogen-bond acceptors (Lipinski definition) is 6. The van der Waals surface area contributed by atoms with E-state index < -0.39 is 17.4 Å². The smallest absolute Gasteiger partial charge is 0.329 e. The summed E-state index contributed by atoms with van der Waals surface area (Å²) in [5.74, 6) is -1.05. The van der Waals surface area contributed by atoms with Crippen molar-refractivity contribution in [3.05, 3.63) is 30.0 Å². The molecule has 24 heavy (non-hydrogen) atoms. The zero-order valence-corrected chi connectivity index (χ0v) is 13.6. The molecule has 7 heteroatoms. The average Bonchev–Trinajstić information content (AvgIpc) is 3.00. The van der Waals surface area contributed by atoms with Crippen LogP contribution in [0.25, 0.3) is 10.9 Å². The van der Waals surface area contributed by atoms with Crippen LogP contribution < -0.4 is 4.74 Å². The quantitative estimate of drug-likeness (QED) is 0.628. The lowest BCUT2D eigenvalue weighted by atomic mass is 9.77. The summed E-state index contributed by atoms with van der Waals surface area (Å²) in [4.78, 5) is 37.4. The standard InChI is InChI=1S/C17H17NO6/c1-22-11-4-5-12-10(8-11)9-13-17(15(20)23-2,16(21)24-3)7-6-14(19)18(12)13/h4-5,8-9H,6-7H2,1-3H3. The summed E-state index contributed by atoms with van der Waals surface area (Å²) in [6.07, 6.45) is 0.0473. The van der Waals surface area contributed by atoms with Crippen molar-refractivity contribution in [2.45, 2.75) is 18.3 Å². The van der Waals surface area contributed by atoms with Crippen LogP contribution in [0.5, 0.6) is 5.75 Å². The fourth-order valence-corrected chi connectivity index (χ4v) is 3.28. The van der Waals surface area contributed by atoms with Crippen molar-refractivity contribution < 1.29 is 28.6 Å². The second-order valence-corrected chi connectivity index (χ2v) is 5.57. The number of ether oxygens (including phenoxy) is 3. The van der Waals surface area contributed by atoms with Crippen molar-refractivity contribution >= 4 is 28.7 Å². The van der Waals surface area contributed by atoms with Crippen LogP contribution in [0.3, 0.4) is 0 Å². The molecule has 3 rings (SSSR count). The van der Waals surface area contributed by atoms with Crippen LogP contribution in [0.4, 0.5) is 0 Å². The van der Waals surface area contributed by atoms with Gasteiger partial charge in [0.1, 0.15) is 5.75 Å². The highest BCUT2D eigenvalue weighted by Gasteiger charge is 2.55. The van der Waals surface area contributed by atoms with Gasteiger partial charge in [-0.15, -0.1) is 0 Å². The number of carbonyl (C=O) groups excluding carboxylic acids is 3. The first-order chi connectivity index (χ1) is 11.5. The minimum atomic E-state index is -1.65. The topological polar surface area (TPSA) is 83.8 Å². The molecule has 1 aliphatic heterocycles. The van der Waals surface area contributed by atoms with Crippen LogP contribution in [-0.2, 0) is 24.5 Å². The van der Waals surface area contributed by atoms with E-state index in [1.165, 1.54) is 25.9 Å². The van der Waals surface area contributed by atoms with Crippen LogP contribution in [0, 0.1) is 0 Å². The predicted octanol–water partition coefficient (Wildman–Crippen LogP) is 1.67. The second-order valence-electron chi connectivity index (χ2n) is 5.57. The molecule has 0 unspecified atom stereocenters. The first-order valence-corrected chi connectivity index (χ1v) is 7.39. The van der Waals surface area contributed by atoms with Gasteiger partial charge in [0.2, 0.25) is 11.3 Å². The Morgan fingerprint density at radius 1 is 1.08 bits per heavy atom. The summed E-state index contributed by atoms with van der Waals surface area (Å²) in [6, 6.07) is 6.83. The van der Waals surface area contributed by atoms with E-state index in [1.54, 1.807) is 24.3 Å². The molecule has 0 atom stereocenters. The SMILES string of the molecule is COC(=O)C1(C(=O)OC)CCC(=O)n2c1cc1cc(OC)ccc12. The van der Waals surface area contributed by atoms with Gasteiger partial charge in [0.25, 0.3) is 0 Å². The van der Waals surface area contributed by atoms with E-state index in [4.69, 9.17) is 14.2 Å². The van der Waals surface area contributed by atoms with Gasteiger partial charge in [0, 0.05) is 11.8 Å². The summed E-state index contributed by atoms with van der Waals surface area (Å²) in [5, 5.41) is 0.691. The molecule has 0 spiro atoms. The average molecular weight is 331 g/mol. The molecule has 0 bridgehead atoms. The lowest BCUT2D eigenvalue weighted by Crippen LogP contribution is -2.50. The molecule has 0 N–H and O–H groups in total. The highest BCUT2D eigenvalue weighted by atomic mass is 16.5. The van der Waals surface area contributed by atoms with Gasteiger partial charge >= 0.3 is 11.9 Å². The lowest BCUT2D eigenvalue weighted by molar-refractivity contribution is -0.163. The highest BCUT2D eigenvalue weighted by molar-refractivity contribution is 6.10. The number of carbonyl (C=O) groups is 3. The molecule has 0 radical (unpaired) electrons. The van der Waals surface area contributed by atoms with Crippen molar-refractivity contribution in [2.24, 2.45) is 0 Å². The van der Waals surface area contributed by atoms with Gasteiger partial charge < -0.3 is 14.2 Å². The van der Waals surface area contributed by atoms with Crippen molar-refractivity contribution in [3.8, 4) is 5.75 Å². The van der Waals surface area contributed by atoms with Crippen LogP contribution in [-0.4, -0.2) is 43.7 Å². The molecular weight excluding hydrogens is 314 g/mol. The van der Waals surface area contributed by atoms with Crippen LogP contribution in [0.2, 0.25) is 0 Å². The molecule has 7 nitrogen and oxygen atoms in total. The fraction of sp³-hybridized carbons (Fsp3) is 0.353. The maximum absolute atomic E-state index is 12.5. The summed E-state index contributed by atoms with van der Waals surface area (Å²) >= 11 is 0. The fourth-order valence-electron chi connectivity index (χ4n) is 3.28. The van der Waals surface area contributed by atoms with Gasteiger partial charge in [-0.3, -0.25) is 19.0 Å². The zero-order valence-electron chi connectivity index (χ0n) is 13.6. The molecule has 0 aliphatic carbocycles. The molecule has 2 aromatic rings. The number of aromatic nitrogens is 1. The normalized spacial score (nSPS) is 15.7. The molecule has 1 aromatic carbocycles. The third kappa shape index (κ3) is 2.01. The molecule has 0 amide bonds. The van der Waals surface area contributed by atoms with Crippen molar-refractivity contribution in [1.82, 2.24) is 4.57 Å². The summed E-state index contributed by atoms with van der Waals surface area (Å²) in [6.45, 7) is 0. The molecule has 1 aliphatic rings. The Balaban J connectivity index is 2.35. The monoisotopic (exact) mass is 331 g/mol. The molecular formula is C17H17NO6. The van der Waals surface area contributed by atoms with Crippen LogP contribution in [0.1, 0.15) is 23.3 Å². The van der Waals surface area contributed by atoms with Crippen LogP contribution >= 0.6 is 0 Å². The largest absolute Gasteiger partial charge is 0.497 e. The lowest BCUT2D eigenvalue weighted by Gasteiger charge is -2.32. The van der Waals surface area contributed by atoms with Gasteiger partial charge in [-0.2, -0.15) is 0 Å². The first-order valence-electron chi connectivity index (χ1n) is 7.39. The Bertz CT molecular complexity index is 834.